The van der Waals surface area contributed by atoms with Gasteiger partial charge in [0.05, 0.1) is 29.3 Å². The molecule has 2 heterocycles. The molecule has 0 unspecified atom stereocenters. The largest absolute Gasteiger partial charge is 0.455 e. The zero-order chi connectivity index (χ0) is 19.2. The van der Waals surface area contributed by atoms with Crippen molar-refractivity contribution in [2.24, 2.45) is 0 Å². The van der Waals surface area contributed by atoms with Crippen LogP contribution >= 0.6 is 11.6 Å². The third-order valence-corrected chi connectivity index (χ3v) is 6.15. The van der Waals surface area contributed by atoms with E-state index in [-0.39, 0.29) is 18.8 Å². The molecule has 2 aliphatic rings. The molecule has 2 aromatic rings. The van der Waals surface area contributed by atoms with Gasteiger partial charge in [0, 0.05) is 29.8 Å². The quantitative estimate of drug-likeness (QED) is 0.755. The number of alkyl halides is 2. The molecular formula is C17H14ClF2NO5S. The summed E-state index contributed by atoms with van der Waals surface area (Å²) in [5, 5.41) is 0.361. The van der Waals surface area contributed by atoms with Crippen LogP contribution in [0.25, 0.3) is 0 Å². The van der Waals surface area contributed by atoms with Crippen molar-refractivity contribution < 1.29 is 31.4 Å². The highest BCUT2D eigenvalue weighted by Gasteiger charge is 2.50. The number of fused-ring (bicyclic) bond motifs is 2. The molecule has 0 amide bonds. The Morgan fingerprint density at radius 2 is 1.96 bits per heavy atom. The van der Waals surface area contributed by atoms with Crippen molar-refractivity contribution in [1.82, 2.24) is 4.98 Å². The van der Waals surface area contributed by atoms with Gasteiger partial charge < -0.3 is 14.2 Å². The molecule has 1 spiro atoms. The molecule has 1 aliphatic heterocycles. The van der Waals surface area contributed by atoms with E-state index in [1.807, 2.05) is 0 Å². The van der Waals surface area contributed by atoms with Crippen molar-refractivity contribution in [2.45, 2.75) is 29.3 Å². The molecule has 1 saturated heterocycles. The third-order valence-electron chi connectivity index (χ3n) is 4.52. The van der Waals surface area contributed by atoms with Gasteiger partial charge in [-0.15, -0.1) is 0 Å². The summed E-state index contributed by atoms with van der Waals surface area (Å²) in [6.45, 7) is 0.494. The lowest BCUT2D eigenvalue weighted by Gasteiger charge is -2.25. The van der Waals surface area contributed by atoms with Crippen molar-refractivity contribution in [3.63, 3.8) is 0 Å². The fraction of sp³-hybridized carbons (Fsp3) is 0.353. The summed E-state index contributed by atoms with van der Waals surface area (Å²) >= 11 is 5.90. The van der Waals surface area contributed by atoms with Gasteiger partial charge in [-0.1, -0.05) is 11.6 Å². The van der Waals surface area contributed by atoms with Gasteiger partial charge in [-0.25, -0.2) is 8.42 Å². The normalized spacial score (nSPS) is 18.2. The smallest absolute Gasteiger partial charge is 0.341 e. The number of aromatic nitrogens is 1. The molecule has 10 heteroatoms. The monoisotopic (exact) mass is 417 g/mol. The van der Waals surface area contributed by atoms with E-state index in [0.29, 0.717) is 34.9 Å². The standard InChI is InChI=1S/C17H14ClF2NO5S/c18-10-7-11(9-21-8-10)26-13-1-2-14(27(22,23)16(19)20)15-12(13)3-4-17(15)24-5-6-25-17/h1-2,7-9,16H,3-6H2. The van der Waals surface area contributed by atoms with E-state index >= 15 is 0 Å². The fourth-order valence-corrected chi connectivity index (χ4v) is 4.61. The summed E-state index contributed by atoms with van der Waals surface area (Å²) in [7, 11) is -4.84. The molecule has 1 aliphatic carbocycles. The minimum Gasteiger partial charge on any atom is -0.455 e. The highest BCUT2D eigenvalue weighted by molar-refractivity contribution is 7.91. The van der Waals surface area contributed by atoms with E-state index in [1.165, 1.54) is 24.5 Å². The Kier molecular flexibility index (Phi) is 4.58. The van der Waals surface area contributed by atoms with E-state index in [0.717, 1.165) is 6.07 Å². The molecule has 0 N–H and O–H groups in total. The first kappa shape index (κ1) is 18.5. The average molecular weight is 418 g/mol. The lowest BCUT2D eigenvalue weighted by molar-refractivity contribution is -0.164. The van der Waals surface area contributed by atoms with Crippen LogP contribution in [0, 0.1) is 0 Å². The van der Waals surface area contributed by atoms with Crippen molar-refractivity contribution in [1.29, 1.82) is 0 Å². The summed E-state index contributed by atoms with van der Waals surface area (Å²) in [4.78, 5) is 3.43. The molecular weight excluding hydrogens is 404 g/mol. The van der Waals surface area contributed by atoms with Crippen LogP contribution in [0.3, 0.4) is 0 Å². The van der Waals surface area contributed by atoms with Crippen LogP contribution in [-0.2, 0) is 31.5 Å². The molecule has 27 heavy (non-hydrogen) atoms. The molecule has 1 fully saturated rings. The Labute approximate surface area is 158 Å². The zero-order valence-electron chi connectivity index (χ0n) is 13.8. The molecule has 6 nitrogen and oxygen atoms in total. The Hall–Kier alpha value is -1.81. The van der Waals surface area contributed by atoms with Crippen LogP contribution in [0.2, 0.25) is 5.02 Å². The van der Waals surface area contributed by atoms with E-state index in [9.17, 15) is 17.2 Å². The number of sulfone groups is 1. The van der Waals surface area contributed by atoms with Gasteiger partial charge >= 0.3 is 5.76 Å². The van der Waals surface area contributed by atoms with Crippen LogP contribution in [0.15, 0.2) is 35.5 Å². The van der Waals surface area contributed by atoms with Gasteiger partial charge in [0.2, 0.25) is 9.84 Å². The predicted octanol–water partition coefficient (Wildman–Crippen LogP) is 3.67. The molecule has 0 bridgehead atoms. The Morgan fingerprint density at radius 3 is 2.63 bits per heavy atom. The molecule has 0 saturated carbocycles. The van der Waals surface area contributed by atoms with Crippen LogP contribution < -0.4 is 4.74 Å². The van der Waals surface area contributed by atoms with Gasteiger partial charge in [0.1, 0.15) is 11.5 Å². The van der Waals surface area contributed by atoms with Gasteiger partial charge in [-0.05, 0) is 18.6 Å². The minimum atomic E-state index is -4.84. The summed E-state index contributed by atoms with van der Waals surface area (Å²) in [6, 6.07) is 3.99. The number of hydrogen-bond acceptors (Lipinski definition) is 6. The maximum atomic E-state index is 13.2. The van der Waals surface area contributed by atoms with Crippen molar-refractivity contribution >= 4 is 21.4 Å². The summed E-state index contributed by atoms with van der Waals surface area (Å²) in [5.74, 6) is -4.25. The molecule has 1 aromatic carbocycles. The summed E-state index contributed by atoms with van der Waals surface area (Å²) in [6.07, 6.45) is 3.54. The first-order valence-electron chi connectivity index (χ1n) is 8.08. The SMILES string of the molecule is O=S(=O)(c1ccc(Oc2cncc(Cl)c2)c2c1C1(CC2)OCCO1)C(F)F. The Morgan fingerprint density at radius 1 is 1.22 bits per heavy atom. The number of halogens is 3. The number of hydrogen-bond donors (Lipinski definition) is 0. The van der Waals surface area contributed by atoms with Crippen LogP contribution in [0.5, 0.6) is 11.5 Å². The van der Waals surface area contributed by atoms with Crippen LogP contribution in [-0.4, -0.2) is 32.4 Å². The first-order chi connectivity index (χ1) is 12.8. The lowest BCUT2D eigenvalue weighted by atomic mass is 10.1. The lowest BCUT2D eigenvalue weighted by Crippen LogP contribution is -2.27. The first-order valence-corrected chi connectivity index (χ1v) is 10.0. The van der Waals surface area contributed by atoms with Crippen molar-refractivity contribution in [2.75, 3.05) is 13.2 Å². The highest BCUT2D eigenvalue weighted by atomic mass is 35.5. The van der Waals surface area contributed by atoms with Gasteiger partial charge in [-0.2, -0.15) is 8.78 Å². The van der Waals surface area contributed by atoms with E-state index < -0.39 is 26.3 Å². The molecule has 144 valence electrons. The van der Waals surface area contributed by atoms with E-state index in [2.05, 4.69) is 4.98 Å². The number of benzene rings is 1. The molecule has 1 aromatic heterocycles. The maximum Gasteiger partial charge on any atom is 0.341 e. The topological polar surface area (TPSA) is 74.7 Å². The number of ether oxygens (including phenoxy) is 3. The second kappa shape index (κ2) is 6.66. The summed E-state index contributed by atoms with van der Waals surface area (Å²) < 4.78 is 67.9. The van der Waals surface area contributed by atoms with Gasteiger partial charge in [0.25, 0.3) is 0 Å². The highest BCUT2D eigenvalue weighted by Crippen LogP contribution is 2.50. The predicted molar refractivity (Wildman–Crippen MR) is 90.9 cm³/mol. The van der Waals surface area contributed by atoms with Crippen LogP contribution in [0.4, 0.5) is 8.78 Å². The Bertz CT molecular complexity index is 993. The molecule has 4 rings (SSSR count). The average Bonchev–Trinajstić information content (AvgIpc) is 3.24. The zero-order valence-corrected chi connectivity index (χ0v) is 15.4. The second-order valence-corrected chi connectivity index (χ2v) is 8.43. The second-order valence-electron chi connectivity index (χ2n) is 6.11. The maximum absolute atomic E-state index is 13.2. The Balaban J connectivity index is 1.87. The fourth-order valence-electron chi connectivity index (χ4n) is 3.43. The van der Waals surface area contributed by atoms with Crippen molar-refractivity contribution in [3.8, 4) is 11.5 Å². The van der Waals surface area contributed by atoms with E-state index in [1.54, 1.807) is 0 Å². The van der Waals surface area contributed by atoms with Gasteiger partial charge in [0.15, 0.2) is 5.79 Å². The molecule has 0 atom stereocenters. The minimum absolute atomic E-state index is 0.0905. The summed E-state index contributed by atoms with van der Waals surface area (Å²) in [5.41, 5.74) is 0.548. The third kappa shape index (κ3) is 3.08. The van der Waals surface area contributed by atoms with E-state index in [4.69, 9.17) is 25.8 Å². The number of pyridine rings is 1. The number of rotatable bonds is 4. The number of nitrogens with zero attached hydrogens (tertiary/aromatic N) is 1. The van der Waals surface area contributed by atoms with Crippen molar-refractivity contribution in [3.05, 3.63) is 46.7 Å². The van der Waals surface area contributed by atoms with Gasteiger partial charge in [-0.3, -0.25) is 4.98 Å². The van der Waals surface area contributed by atoms with Crippen LogP contribution in [0.1, 0.15) is 17.5 Å². The molecule has 0 radical (unpaired) electrons.